The molecule has 2 heteroatoms. The van der Waals surface area contributed by atoms with Crippen LogP contribution in [0.2, 0.25) is 0 Å². The first-order valence-corrected chi connectivity index (χ1v) is 3.43. The van der Waals surface area contributed by atoms with Crippen LogP contribution in [0.15, 0.2) is 11.6 Å². The highest BCUT2D eigenvalue weighted by molar-refractivity contribution is 7.96. The van der Waals surface area contributed by atoms with Gasteiger partial charge < -0.3 is 0 Å². The molecule has 1 nitrogen and oxygen atoms in total. The fourth-order valence-electron chi connectivity index (χ4n) is 0.648. The van der Waals surface area contributed by atoms with Crippen LogP contribution >= 0.6 is 12.6 Å². The smallest absolute Gasteiger partial charge is 0.222 e. The van der Waals surface area contributed by atoms with E-state index in [2.05, 4.69) is 12.6 Å². The average molecular weight is 143 g/mol. The fraction of sp³-hybridized carbons (Fsp3) is 0.571. The summed E-state index contributed by atoms with van der Waals surface area (Å²) in [6, 6.07) is 0. The van der Waals surface area contributed by atoms with Crippen LogP contribution < -0.4 is 0 Å². The summed E-state index contributed by atoms with van der Waals surface area (Å²) in [6.45, 7) is 3.96. The zero-order chi connectivity index (χ0) is 7.28. The summed E-state index contributed by atoms with van der Waals surface area (Å²) in [5, 5.41) is -0.169. The number of carbonyl (C=O) groups excluding carboxylic acids is 1. The van der Waals surface area contributed by atoms with E-state index >= 15 is 0 Å². The first kappa shape index (κ1) is 8.63. The van der Waals surface area contributed by atoms with E-state index in [4.69, 9.17) is 0 Å². The second-order valence-corrected chi connectivity index (χ2v) is 2.46. The molecule has 0 unspecified atom stereocenters. The quantitative estimate of drug-likeness (QED) is 0.555. The van der Waals surface area contributed by atoms with Crippen LogP contribution in [-0.4, -0.2) is 5.12 Å². The molecule has 0 N–H and O–H groups in total. The van der Waals surface area contributed by atoms with E-state index in [1.165, 1.54) is 0 Å². The Bertz CT molecular complexity index is 127. The van der Waals surface area contributed by atoms with Crippen molar-refractivity contribution in [2.24, 2.45) is 0 Å². The minimum atomic E-state index is -0.169. The van der Waals surface area contributed by atoms with Gasteiger partial charge in [0.1, 0.15) is 0 Å². The van der Waals surface area contributed by atoms with Gasteiger partial charge >= 0.3 is 0 Å². The van der Waals surface area contributed by atoms with E-state index < -0.39 is 0 Å². The van der Waals surface area contributed by atoms with Crippen molar-refractivity contribution in [2.75, 3.05) is 0 Å². The minimum Gasteiger partial charge on any atom is -0.282 e. The molecule has 0 atom stereocenters. The van der Waals surface area contributed by atoms with E-state index in [0.29, 0.717) is 6.42 Å². The van der Waals surface area contributed by atoms with Crippen molar-refractivity contribution >= 4 is 17.7 Å². The monoisotopic (exact) mass is 143 g/mol. The number of rotatable bonds is 3. The van der Waals surface area contributed by atoms with E-state index in [1.54, 1.807) is 0 Å². The summed E-state index contributed by atoms with van der Waals surface area (Å²) < 4.78 is 0. The summed E-state index contributed by atoms with van der Waals surface area (Å²) in [6.07, 6.45) is 3.43. The van der Waals surface area contributed by atoms with Gasteiger partial charge in [-0.3, -0.25) is 4.79 Å². The molecular weight excluding hydrogens is 132 g/mol. The number of allylic oxidation sites excluding steroid dienone is 2. The maximum Gasteiger partial charge on any atom is 0.222 e. The molecule has 0 aromatic carbocycles. The standard InChI is InChI=1S/C7H11OS/c1-3-4-6(2)5-7(8)9/h4H,3,5H2,1-2H3. The maximum atomic E-state index is 10.3. The van der Waals surface area contributed by atoms with Gasteiger partial charge in [-0.2, -0.15) is 0 Å². The van der Waals surface area contributed by atoms with Gasteiger partial charge in [0.05, 0.1) is 0 Å². The molecule has 0 fully saturated rings. The van der Waals surface area contributed by atoms with E-state index in [1.807, 2.05) is 19.9 Å². The second-order valence-electron chi connectivity index (χ2n) is 2.01. The molecule has 0 bridgehead atoms. The second kappa shape index (κ2) is 4.50. The summed E-state index contributed by atoms with van der Waals surface area (Å²) in [5.74, 6) is 0. The fourth-order valence-corrected chi connectivity index (χ4v) is 0.876. The lowest BCUT2D eigenvalue weighted by Gasteiger charge is -1.91. The van der Waals surface area contributed by atoms with Gasteiger partial charge in [0.25, 0.3) is 0 Å². The highest BCUT2D eigenvalue weighted by Gasteiger charge is 1.94. The molecule has 0 aromatic heterocycles. The van der Waals surface area contributed by atoms with E-state index in [9.17, 15) is 4.79 Å². The van der Waals surface area contributed by atoms with Crippen LogP contribution in [0.4, 0.5) is 0 Å². The molecule has 0 amide bonds. The molecule has 0 saturated heterocycles. The Kier molecular flexibility index (Phi) is 4.32. The predicted octanol–water partition coefficient (Wildman–Crippen LogP) is 2.46. The molecule has 0 aromatic rings. The third kappa shape index (κ3) is 5.50. The molecule has 51 valence electrons. The lowest BCUT2D eigenvalue weighted by molar-refractivity contribution is -0.110. The summed E-state index contributed by atoms with van der Waals surface area (Å²) in [5.41, 5.74) is 1.08. The molecular formula is C7H11OS. The molecule has 1 radical (unpaired) electrons. The van der Waals surface area contributed by atoms with Crippen LogP contribution in [0.3, 0.4) is 0 Å². The van der Waals surface area contributed by atoms with Gasteiger partial charge in [0.2, 0.25) is 5.12 Å². The van der Waals surface area contributed by atoms with Gasteiger partial charge in [-0.15, -0.1) is 0 Å². The molecule has 0 heterocycles. The molecule has 0 aliphatic rings. The van der Waals surface area contributed by atoms with Crippen LogP contribution in [0, 0.1) is 0 Å². The normalized spacial score (nSPS) is 11.6. The first-order chi connectivity index (χ1) is 4.16. The maximum absolute atomic E-state index is 10.3. The van der Waals surface area contributed by atoms with Crippen molar-refractivity contribution in [3.63, 3.8) is 0 Å². The number of carbonyl (C=O) groups is 1. The van der Waals surface area contributed by atoms with Gasteiger partial charge in [0.15, 0.2) is 0 Å². The zero-order valence-electron chi connectivity index (χ0n) is 5.81. The molecule has 0 rings (SSSR count). The van der Waals surface area contributed by atoms with Crippen molar-refractivity contribution in [3.8, 4) is 0 Å². The summed E-state index contributed by atoms with van der Waals surface area (Å²) >= 11 is 4.39. The lowest BCUT2D eigenvalue weighted by atomic mass is 10.2. The minimum absolute atomic E-state index is 0.169. The van der Waals surface area contributed by atoms with Gasteiger partial charge in [-0.1, -0.05) is 18.6 Å². The Hall–Kier alpha value is -0.370. The molecule has 0 saturated carbocycles. The van der Waals surface area contributed by atoms with Crippen LogP contribution in [0.5, 0.6) is 0 Å². The Balaban J connectivity index is 3.62. The van der Waals surface area contributed by atoms with E-state index in [-0.39, 0.29) is 5.12 Å². The number of hydrogen-bond donors (Lipinski definition) is 0. The van der Waals surface area contributed by atoms with Gasteiger partial charge in [0, 0.05) is 6.42 Å². The summed E-state index contributed by atoms with van der Waals surface area (Å²) in [7, 11) is 0. The van der Waals surface area contributed by atoms with Crippen molar-refractivity contribution < 1.29 is 4.79 Å². The topological polar surface area (TPSA) is 17.1 Å². The Morgan fingerprint density at radius 3 is 2.56 bits per heavy atom. The van der Waals surface area contributed by atoms with E-state index in [0.717, 1.165) is 12.0 Å². The van der Waals surface area contributed by atoms with Crippen LogP contribution in [0.1, 0.15) is 26.7 Å². The Morgan fingerprint density at radius 1 is 1.67 bits per heavy atom. The largest absolute Gasteiger partial charge is 0.282 e. The predicted molar refractivity (Wildman–Crippen MR) is 41.3 cm³/mol. The molecule has 0 aliphatic carbocycles. The Labute approximate surface area is 61.6 Å². The van der Waals surface area contributed by atoms with Crippen LogP contribution in [0.25, 0.3) is 0 Å². The SMILES string of the molecule is CCC=C(C)CC(=O)[S]. The zero-order valence-corrected chi connectivity index (χ0v) is 6.62. The van der Waals surface area contributed by atoms with Crippen molar-refractivity contribution in [2.45, 2.75) is 26.7 Å². The van der Waals surface area contributed by atoms with Gasteiger partial charge in [-0.05, 0) is 26.0 Å². The third-order valence-electron chi connectivity index (χ3n) is 0.976. The molecule has 0 spiro atoms. The van der Waals surface area contributed by atoms with Crippen molar-refractivity contribution in [3.05, 3.63) is 11.6 Å². The highest BCUT2D eigenvalue weighted by Crippen LogP contribution is 2.02. The van der Waals surface area contributed by atoms with Crippen molar-refractivity contribution in [1.82, 2.24) is 0 Å². The van der Waals surface area contributed by atoms with Crippen molar-refractivity contribution in [1.29, 1.82) is 0 Å². The molecule has 9 heavy (non-hydrogen) atoms. The molecule has 0 aliphatic heterocycles. The first-order valence-electron chi connectivity index (χ1n) is 3.02. The summed E-state index contributed by atoms with van der Waals surface area (Å²) in [4.78, 5) is 10.3. The number of hydrogen-bond acceptors (Lipinski definition) is 1. The highest BCUT2D eigenvalue weighted by atomic mass is 32.1. The van der Waals surface area contributed by atoms with Crippen LogP contribution in [-0.2, 0) is 4.79 Å². The average Bonchev–Trinajstić information content (AvgIpc) is 1.63. The Morgan fingerprint density at radius 2 is 2.22 bits per heavy atom. The van der Waals surface area contributed by atoms with Gasteiger partial charge in [-0.25, -0.2) is 0 Å². The lowest BCUT2D eigenvalue weighted by Crippen LogP contribution is -1.86. The third-order valence-corrected chi connectivity index (χ3v) is 1.12.